The number of nitrogens with zero attached hydrogens (tertiary/aromatic N) is 5. The molecule has 0 saturated heterocycles. The molecule has 1 N–H and O–H groups in total. The van der Waals surface area contributed by atoms with Crippen LogP contribution in [0.2, 0.25) is 5.02 Å². The summed E-state index contributed by atoms with van der Waals surface area (Å²) in [6.45, 7) is 0.471. The van der Waals surface area contributed by atoms with Crippen molar-refractivity contribution in [3.8, 4) is 27.6 Å². The molecule has 3 rings (SSSR count). The molecule has 0 fully saturated rings. The molecule has 0 saturated carbocycles. The number of anilines is 1. The molecule has 12 heteroatoms. The normalized spacial score (nSPS) is 10.4. The molecule has 3 aromatic rings. The molecule has 0 aliphatic carbocycles. The topological polar surface area (TPSA) is 106 Å². The summed E-state index contributed by atoms with van der Waals surface area (Å²) >= 11 is 14.5. The van der Waals surface area contributed by atoms with E-state index in [1.54, 1.807) is 24.4 Å². The highest BCUT2D eigenvalue weighted by molar-refractivity contribution is 7.99. The number of alkyl halides is 1. The SMILES string of the molecule is CSNc1nccc(COc2nnc(-c3cc(Cl)c(OCCCl)c(C#N)c3)s2)n1. The molecule has 0 radical (unpaired) electrons. The van der Waals surface area contributed by atoms with Gasteiger partial charge in [-0.3, -0.25) is 4.72 Å². The van der Waals surface area contributed by atoms with Gasteiger partial charge in [-0.05, 0) is 18.2 Å². The van der Waals surface area contributed by atoms with Crippen LogP contribution in [0.3, 0.4) is 0 Å². The zero-order valence-corrected chi connectivity index (χ0v) is 18.2. The second kappa shape index (κ2) is 10.5. The number of hydrogen-bond donors (Lipinski definition) is 1. The lowest BCUT2D eigenvalue weighted by Gasteiger charge is -2.09. The predicted molar refractivity (Wildman–Crippen MR) is 115 cm³/mol. The Morgan fingerprint density at radius 1 is 1.31 bits per heavy atom. The number of nitrogens with one attached hydrogen (secondary N) is 1. The van der Waals surface area contributed by atoms with Crippen LogP contribution in [0.25, 0.3) is 10.6 Å². The average Bonchev–Trinajstić information content (AvgIpc) is 3.20. The second-order valence-electron chi connectivity index (χ2n) is 5.32. The summed E-state index contributed by atoms with van der Waals surface area (Å²) in [4.78, 5) is 8.42. The van der Waals surface area contributed by atoms with E-state index in [-0.39, 0.29) is 13.2 Å². The molecule has 1 aromatic carbocycles. The largest absolute Gasteiger partial charge is 0.489 e. The maximum Gasteiger partial charge on any atom is 0.294 e. The van der Waals surface area contributed by atoms with Crippen LogP contribution in [-0.4, -0.2) is 38.9 Å². The van der Waals surface area contributed by atoms with Gasteiger partial charge in [-0.15, -0.1) is 16.7 Å². The molecule has 2 heterocycles. The first kappa shape index (κ1) is 21.4. The maximum atomic E-state index is 9.39. The van der Waals surface area contributed by atoms with Gasteiger partial charge < -0.3 is 9.47 Å². The molecule has 0 amide bonds. The fourth-order valence-electron chi connectivity index (χ4n) is 2.22. The minimum Gasteiger partial charge on any atom is -0.489 e. The quantitative estimate of drug-likeness (QED) is 0.360. The van der Waals surface area contributed by atoms with Gasteiger partial charge in [-0.2, -0.15) is 5.26 Å². The molecule has 8 nitrogen and oxygen atoms in total. The predicted octanol–water partition coefficient (Wildman–Crippen LogP) is 4.41. The number of hydrogen-bond acceptors (Lipinski definition) is 10. The molecule has 0 aliphatic rings. The molecular weight excluding hydrogens is 455 g/mol. The van der Waals surface area contributed by atoms with Gasteiger partial charge in [0.05, 0.1) is 22.2 Å². The molecular formula is C17H14Cl2N6O2S2. The van der Waals surface area contributed by atoms with Crippen LogP contribution in [-0.2, 0) is 6.61 Å². The zero-order chi connectivity index (χ0) is 20.6. The Morgan fingerprint density at radius 3 is 2.93 bits per heavy atom. The summed E-state index contributed by atoms with van der Waals surface area (Å²) in [5.41, 5.74) is 1.64. The Balaban J connectivity index is 1.73. The van der Waals surface area contributed by atoms with Gasteiger partial charge in [-0.1, -0.05) is 40.0 Å². The van der Waals surface area contributed by atoms with Crippen molar-refractivity contribution in [1.82, 2.24) is 20.2 Å². The van der Waals surface area contributed by atoms with Gasteiger partial charge >= 0.3 is 0 Å². The second-order valence-corrected chi connectivity index (χ2v) is 7.66. The van der Waals surface area contributed by atoms with Gasteiger partial charge in [0.15, 0.2) is 10.8 Å². The lowest BCUT2D eigenvalue weighted by atomic mass is 10.1. The molecule has 0 bridgehead atoms. The van der Waals surface area contributed by atoms with E-state index in [9.17, 15) is 5.26 Å². The smallest absolute Gasteiger partial charge is 0.294 e. The van der Waals surface area contributed by atoms with Gasteiger partial charge in [0, 0.05) is 18.0 Å². The summed E-state index contributed by atoms with van der Waals surface area (Å²) < 4.78 is 14.1. The van der Waals surface area contributed by atoms with Crippen LogP contribution >= 0.6 is 46.5 Å². The number of nitriles is 1. The van der Waals surface area contributed by atoms with E-state index < -0.39 is 0 Å². The van der Waals surface area contributed by atoms with E-state index in [0.717, 1.165) is 0 Å². The van der Waals surface area contributed by atoms with Crippen molar-refractivity contribution in [3.63, 3.8) is 0 Å². The highest BCUT2D eigenvalue weighted by Crippen LogP contribution is 2.36. The van der Waals surface area contributed by atoms with Gasteiger partial charge in [0.1, 0.15) is 19.3 Å². The maximum absolute atomic E-state index is 9.39. The number of rotatable bonds is 9. The number of halogens is 2. The lowest BCUT2D eigenvalue weighted by molar-refractivity contribution is 0.297. The van der Waals surface area contributed by atoms with E-state index >= 15 is 0 Å². The molecule has 0 aliphatic heterocycles. The van der Waals surface area contributed by atoms with Gasteiger partial charge in [0.2, 0.25) is 5.95 Å². The van der Waals surface area contributed by atoms with E-state index in [0.29, 0.717) is 49.6 Å². The molecule has 0 atom stereocenters. The molecule has 2 aromatic heterocycles. The van der Waals surface area contributed by atoms with Gasteiger partial charge in [0.25, 0.3) is 5.19 Å². The highest BCUT2D eigenvalue weighted by Gasteiger charge is 2.15. The van der Waals surface area contributed by atoms with Crippen molar-refractivity contribution in [2.24, 2.45) is 0 Å². The fourth-order valence-corrected chi connectivity index (χ4v) is 3.54. The summed E-state index contributed by atoms with van der Waals surface area (Å²) in [7, 11) is 0. The summed E-state index contributed by atoms with van der Waals surface area (Å²) in [5.74, 6) is 1.10. The van der Waals surface area contributed by atoms with Crippen LogP contribution in [0.4, 0.5) is 5.95 Å². The summed E-state index contributed by atoms with van der Waals surface area (Å²) in [5, 5.41) is 18.8. The Bertz CT molecular complexity index is 1030. The fraction of sp³-hybridized carbons (Fsp3) is 0.235. The van der Waals surface area contributed by atoms with E-state index in [2.05, 4.69) is 31.0 Å². The standard InChI is InChI=1S/C17H14Cl2N6O2S2/c1-28-25-16-21-4-2-12(22-16)9-27-17-24-23-15(29-17)10-6-11(8-20)14(13(19)7-10)26-5-3-18/h2,4,6-7H,3,5,9H2,1H3,(H,21,22,25). The van der Waals surface area contributed by atoms with Crippen LogP contribution in [0, 0.1) is 11.3 Å². The Kier molecular flexibility index (Phi) is 7.71. The first-order valence-corrected chi connectivity index (χ1v) is 11.1. The molecule has 29 heavy (non-hydrogen) atoms. The van der Waals surface area contributed by atoms with Crippen molar-refractivity contribution < 1.29 is 9.47 Å². The summed E-state index contributed by atoms with van der Waals surface area (Å²) in [6.07, 6.45) is 3.53. The Hall–Kier alpha value is -2.32. The third-order valence-corrected chi connectivity index (χ3v) is 5.10. The van der Waals surface area contributed by atoms with Crippen LogP contribution in [0.5, 0.6) is 10.9 Å². The van der Waals surface area contributed by atoms with Crippen molar-refractivity contribution in [2.75, 3.05) is 23.5 Å². The van der Waals surface area contributed by atoms with E-state index in [4.69, 9.17) is 32.7 Å². The Labute approximate surface area is 185 Å². The van der Waals surface area contributed by atoms with E-state index in [1.165, 1.54) is 23.3 Å². The first-order chi connectivity index (χ1) is 14.1. The monoisotopic (exact) mass is 468 g/mol. The average molecular weight is 469 g/mol. The van der Waals surface area contributed by atoms with Crippen molar-refractivity contribution in [3.05, 3.63) is 40.7 Å². The number of benzene rings is 1. The molecule has 0 unspecified atom stereocenters. The van der Waals surface area contributed by atoms with Crippen molar-refractivity contribution in [2.45, 2.75) is 6.61 Å². The summed E-state index contributed by atoms with van der Waals surface area (Å²) in [6, 6.07) is 7.14. The van der Waals surface area contributed by atoms with Crippen molar-refractivity contribution in [1.29, 1.82) is 5.26 Å². The minimum atomic E-state index is 0.218. The highest BCUT2D eigenvalue weighted by atomic mass is 35.5. The van der Waals surface area contributed by atoms with Crippen LogP contribution in [0.1, 0.15) is 11.3 Å². The van der Waals surface area contributed by atoms with E-state index in [1.807, 2.05) is 6.26 Å². The molecule has 0 spiro atoms. The lowest BCUT2D eigenvalue weighted by Crippen LogP contribution is -2.01. The third-order valence-electron chi connectivity index (χ3n) is 3.39. The minimum absolute atomic E-state index is 0.218. The van der Waals surface area contributed by atoms with Crippen LogP contribution in [0.15, 0.2) is 24.4 Å². The number of aromatic nitrogens is 4. The van der Waals surface area contributed by atoms with Crippen LogP contribution < -0.4 is 14.2 Å². The zero-order valence-electron chi connectivity index (χ0n) is 15.1. The first-order valence-electron chi connectivity index (χ1n) is 8.14. The molecule has 150 valence electrons. The van der Waals surface area contributed by atoms with Gasteiger partial charge in [-0.25, -0.2) is 9.97 Å². The number of ether oxygens (including phenoxy) is 2. The van der Waals surface area contributed by atoms with Crippen molar-refractivity contribution >= 4 is 52.4 Å². The Morgan fingerprint density at radius 2 is 2.17 bits per heavy atom. The third kappa shape index (κ3) is 5.61.